The molecular formula is C23H28ClN3O3. The van der Waals surface area contributed by atoms with Crippen LogP contribution in [0.1, 0.15) is 50.5 Å². The average molecular weight is 430 g/mol. The number of halogens is 1. The van der Waals surface area contributed by atoms with E-state index in [1.807, 2.05) is 24.3 Å². The van der Waals surface area contributed by atoms with Crippen LogP contribution < -0.4 is 9.47 Å². The third-order valence-corrected chi connectivity index (χ3v) is 5.64. The number of allylic oxidation sites excluding steroid dienone is 3. The fourth-order valence-electron chi connectivity index (χ4n) is 4.11. The summed E-state index contributed by atoms with van der Waals surface area (Å²) in [7, 11) is 3.29. The first kappa shape index (κ1) is 20.9. The summed E-state index contributed by atoms with van der Waals surface area (Å²) >= 11 is 6.55. The van der Waals surface area contributed by atoms with E-state index in [2.05, 4.69) is 41.6 Å². The first-order chi connectivity index (χ1) is 14.3. The van der Waals surface area contributed by atoms with Gasteiger partial charge in [-0.05, 0) is 29.6 Å². The maximum Gasteiger partial charge on any atom is 0.166 e. The number of methoxy groups -OCH3 is 2. The summed E-state index contributed by atoms with van der Waals surface area (Å²) in [4.78, 5) is 0. The van der Waals surface area contributed by atoms with Gasteiger partial charge in [0.05, 0.1) is 25.3 Å². The molecule has 2 heterocycles. The van der Waals surface area contributed by atoms with Gasteiger partial charge in [0.25, 0.3) is 0 Å². The van der Waals surface area contributed by atoms with Crippen LogP contribution in [0.25, 0.3) is 5.70 Å². The Labute approximate surface area is 182 Å². The van der Waals surface area contributed by atoms with Crippen LogP contribution in [0, 0.1) is 5.41 Å². The quantitative estimate of drug-likeness (QED) is 0.644. The molecule has 0 spiro atoms. The number of para-hydroxylation sites is 1. The van der Waals surface area contributed by atoms with E-state index < -0.39 is 0 Å². The van der Waals surface area contributed by atoms with Crippen LogP contribution >= 0.6 is 11.6 Å². The van der Waals surface area contributed by atoms with Crippen molar-refractivity contribution in [2.75, 3.05) is 14.2 Å². The number of alkyl halides is 1. The van der Waals surface area contributed by atoms with Crippen LogP contribution in [0.5, 0.6) is 11.5 Å². The standard InChI is InChI=1S/C23H28ClN3O3/c1-23(2,3)12-19-25-26-20-13-30-21(15-7-6-8-18(28-4)22(15)29-5)16-11-14(24)9-10-17(16)27(19)20/h6-10,14,21H,11-13H2,1-5H3. The van der Waals surface area contributed by atoms with E-state index >= 15 is 0 Å². The van der Waals surface area contributed by atoms with Gasteiger partial charge in [-0.25, -0.2) is 0 Å². The smallest absolute Gasteiger partial charge is 0.166 e. The monoisotopic (exact) mass is 429 g/mol. The third-order valence-electron chi connectivity index (χ3n) is 5.34. The second-order valence-corrected chi connectivity index (χ2v) is 9.43. The largest absolute Gasteiger partial charge is 0.493 e. The number of benzene rings is 1. The van der Waals surface area contributed by atoms with Gasteiger partial charge in [0.2, 0.25) is 0 Å². The zero-order chi connectivity index (χ0) is 21.5. The molecule has 160 valence electrons. The molecule has 6 nitrogen and oxygen atoms in total. The summed E-state index contributed by atoms with van der Waals surface area (Å²) in [5, 5.41) is 8.83. The third kappa shape index (κ3) is 3.86. The van der Waals surface area contributed by atoms with Crippen LogP contribution in [0.15, 0.2) is 35.9 Å². The van der Waals surface area contributed by atoms with Crippen molar-refractivity contribution in [3.05, 3.63) is 53.1 Å². The van der Waals surface area contributed by atoms with Gasteiger partial charge in [0, 0.05) is 12.0 Å². The molecule has 2 atom stereocenters. The summed E-state index contributed by atoms with van der Waals surface area (Å²) in [6.07, 6.45) is 5.26. The van der Waals surface area contributed by atoms with Crippen LogP contribution in [-0.2, 0) is 17.8 Å². The molecule has 0 saturated heterocycles. The van der Waals surface area contributed by atoms with E-state index in [9.17, 15) is 0 Å². The fraction of sp³-hybridized carbons (Fsp3) is 0.478. The lowest BCUT2D eigenvalue weighted by atomic mass is 9.90. The van der Waals surface area contributed by atoms with Crippen LogP contribution in [0.4, 0.5) is 0 Å². The number of fused-ring (bicyclic) bond motifs is 2. The van der Waals surface area contributed by atoms with Crippen LogP contribution in [0.2, 0.25) is 0 Å². The highest BCUT2D eigenvalue weighted by atomic mass is 35.5. The van der Waals surface area contributed by atoms with Crippen molar-refractivity contribution in [1.82, 2.24) is 14.8 Å². The molecule has 2 aromatic rings. The molecule has 0 saturated carbocycles. The van der Waals surface area contributed by atoms with E-state index in [0.29, 0.717) is 24.5 Å². The van der Waals surface area contributed by atoms with Gasteiger partial charge in [-0.2, -0.15) is 0 Å². The molecule has 0 bridgehead atoms. The van der Waals surface area contributed by atoms with Crippen LogP contribution in [0.3, 0.4) is 0 Å². The molecule has 0 N–H and O–H groups in total. The van der Waals surface area contributed by atoms with Crippen LogP contribution in [-0.4, -0.2) is 34.4 Å². The van der Waals surface area contributed by atoms with Crippen molar-refractivity contribution in [1.29, 1.82) is 0 Å². The summed E-state index contributed by atoms with van der Waals surface area (Å²) in [6.45, 7) is 6.95. The molecule has 1 aromatic heterocycles. The Hall–Kier alpha value is -2.31. The van der Waals surface area contributed by atoms with E-state index in [1.54, 1.807) is 14.2 Å². The molecule has 4 rings (SSSR count). The molecule has 1 aromatic carbocycles. The van der Waals surface area contributed by atoms with E-state index in [4.69, 9.17) is 25.8 Å². The Morgan fingerprint density at radius 1 is 1.20 bits per heavy atom. The molecule has 30 heavy (non-hydrogen) atoms. The van der Waals surface area contributed by atoms with Crippen molar-refractivity contribution in [3.63, 3.8) is 0 Å². The normalized spacial score (nSPS) is 21.1. The second kappa shape index (κ2) is 8.08. The molecule has 1 aliphatic carbocycles. The Bertz CT molecular complexity index is 1000. The van der Waals surface area contributed by atoms with Gasteiger partial charge < -0.3 is 14.2 Å². The van der Waals surface area contributed by atoms with Gasteiger partial charge in [-0.15, -0.1) is 21.8 Å². The molecule has 2 unspecified atom stereocenters. The maximum atomic E-state index is 6.55. The topological polar surface area (TPSA) is 58.4 Å². The maximum absolute atomic E-state index is 6.55. The van der Waals surface area contributed by atoms with Crippen molar-refractivity contribution in [2.45, 2.75) is 51.7 Å². The molecule has 0 amide bonds. The number of hydrogen-bond acceptors (Lipinski definition) is 5. The minimum atomic E-state index is -0.319. The predicted molar refractivity (Wildman–Crippen MR) is 117 cm³/mol. The lowest BCUT2D eigenvalue weighted by Gasteiger charge is -2.27. The lowest BCUT2D eigenvalue weighted by Crippen LogP contribution is -2.18. The highest BCUT2D eigenvalue weighted by Gasteiger charge is 2.34. The number of hydrogen-bond donors (Lipinski definition) is 0. The minimum absolute atomic E-state index is 0.0838. The predicted octanol–water partition coefficient (Wildman–Crippen LogP) is 4.93. The zero-order valence-corrected chi connectivity index (χ0v) is 18.9. The van der Waals surface area contributed by atoms with Gasteiger partial charge in [0.1, 0.15) is 18.5 Å². The van der Waals surface area contributed by atoms with Gasteiger partial charge in [0.15, 0.2) is 17.3 Å². The van der Waals surface area contributed by atoms with E-state index in [0.717, 1.165) is 34.9 Å². The number of aromatic nitrogens is 3. The lowest BCUT2D eigenvalue weighted by molar-refractivity contribution is 0.0586. The molecule has 1 aliphatic heterocycles. The van der Waals surface area contributed by atoms with E-state index in [-0.39, 0.29) is 16.9 Å². The number of nitrogens with zero attached hydrogens (tertiary/aromatic N) is 3. The molecule has 2 aliphatic rings. The van der Waals surface area contributed by atoms with Gasteiger partial charge >= 0.3 is 0 Å². The second-order valence-electron chi connectivity index (χ2n) is 8.87. The van der Waals surface area contributed by atoms with E-state index in [1.165, 1.54) is 0 Å². The molecular weight excluding hydrogens is 402 g/mol. The molecule has 0 fully saturated rings. The van der Waals surface area contributed by atoms with Crippen molar-refractivity contribution in [3.8, 4) is 11.5 Å². The Morgan fingerprint density at radius 2 is 2.00 bits per heavy atom. The van der Waals surface area contributed by atoms with Crippen molar-refractivity contribution < 1.29 is 14.2 Å². The summed E-state index contributed by atoms with van der Waals surface area (Å²) in [5.41, 5.74) is 3.14. The van der Waals surface area contributed by atoms with Crippen molar-refractivity contribution >= 4 is 17.3 Å². The molecule has 0 radical (unpaired) electrons. The summed E-state index contributed by atoms with van der Waals surface area (Å²) in [6, 6.07) is 5.85. The summed E-state index contributed by atoms with van der Waals surface area (Å²) < 4.78 is 19.8. The number of ether oxygens (including phenoxy) is 3. The Balaban J connectivity index is 1.88. The van der Waals surface area contributed by atoms with Crippen molar-refractivity contribution in [2.24, 2.45) is 5.41 Å². The Kier molecular flexibility index (Phi) is 5.64. The Morgan fingerprint density at radius 3 is 2.70 bits per heavy atom. The fourth-order valence-corrected chi connectivity index (χ4v) is 4.35. The first-order valence-electron chi connectivity index (χ1n) is 10.1. The van der Waals surface area contributed by atoms with Gasteiger partial charge in [-0.3, -0.25) is 4.57 Å². The highest BCUT2D eigenvalue weighted by molar-refractivity contribution is 6.22. The summed E-state index contributed by atoms with van der Waals surface area (Å²) in [5.74, 6) is 3.07. The zero-order valence-electron chi connectivity index (χ0n) is 18.1. The minimum Gasteiger partial charge on any atom is -0.493 e. The first-order valence-corrected chi connectivity index (χ1v) is 10.6. The molecule has 7 heteroatoms. The number of rotatable bonds is 4. The van der Waals surface area contributed by atoms with Gasteiger partial charge in [-0.1, -0.05) is 39.0 Å². The highest BCUT2D eigenvalue weighted by Crippen LogP contribution is 2.45. The SMILES string of the molecule is COc1cccc(C2OCc3nnc(CC(C)(C)C)n3C3=C2CC(Cl)C=C3)c1OC. The average Bonchev–Trinajstić information content (AvgIpc) is 3.00.